The van der Waals surface area contributed by atoms with Crippen molar-refractivity contribution < 1.29 is 23.1 Å². The van der Waals surface area contributed by atoms with E-state index in [1.165, 1.54) is 23.3 Å². The van der Waals surface area contributed by atoms with Gasteiger partial charge >= 0.3 is 0 Å². The molecule has 0 atom stereocenters. The molecule has 5 aromatic carbocycles. The predicted octanol–water partition coefficient (Wildman–Crippen LogP) is 9.19. The van der Waals surface area contributed by atoms with Gasteiger partial charge in [-0.3, -0.25) is 14.5 Å². The number of halogens is 1. The van der Waals surface area contributed by atoms with Crippen molar-refractivity contribution in [1.82, 2.24) is 10.2 Å². The number of hydrogen-bond donors (Lipinski definition) is 1. The second-order valence-corrected chi connectivity index (χ2v) is 12.5. The molecular weight excluding hydrogens is 615 g/mol. The fraction of sp³-hybridized carbons (Fsp3) is 0.190. The van der Waals surface area contributed by atoms with Crippen LogP contribution < -0.4 is 10.1 Å². The van der Waals surface area contributed by atoms with Gasteiger partial charge in [-0.1, -0.05) is 80.6 Å². The Labute approximate surface area is 286 Å². The number of hydrogen-bond acceptors (Lipinski definition) is 5. The largest absolute Gasteiger partial charge is 0.492 e. The number of aldehydes is 1. The van der Waals surface area contributed by atoms with E-state index < -0.39 is 0 Å². The van der Waals surface area contributed by atoms with Crippen LogP contribution in [-0.4, -0.2) is 36.8 Å². The van der Waals surface area contributed by atoms with Gasteiger partial charge in [0.1, 0.15) is 29.5 Å². The topological polar surface area (TPSA) is 71.8 Å². The maximum absolute atomic E-state index is 13.6. The van der Waals surface area contributed by atoms with Gasteiger partial charge < -0.3 is 14.5 Å². The predicted molar refractivity (Wildman–Crippen MR) is 192 cm³/mol. The number of ether oxygens (including phenoxy) is 1. The molecule has 0 fully saturated rings. The maximum Gasteiger partial charge on any atom is 0.251 e. The summed E-state index contributed by atoms with van der Waals surface area (Å²) in [5, 5.41) is 3.61. The van der Waals surface area contributed by atoms with E-state index >= 15 is 0 Å². The molecule has 49 heavy (non-hydrogen) atoms. The number of nitrogens with one attached hydrogen (secondary N) is 1. The van der Waals surface area contributed by atoms with Crippen molar-refractivity contribution in [3.05, 3.63) is 149 Å². The molecule has 1 amide bonds. The molecule has 0 aliphatic carbocycles. The fourth-order valence-electron chi connectivity index (χ4n) is 5.82. The van der Waals surface area contributed by atoms with E-state index in [1.54, 1.807) is 24.3 Å². The molecule has 0 unspecified atom stereocenters. The van der Waals surface area contributed by atoms with Crippen molar-refractivity contribution in [2.75, 3.05) is 19.7 Å². The summed E-state index contributed by atoms with van der Waals surface area (Å²) in [6.45, 7) is 7.26. The van der Waals surface area contributed by atoms with Gasteiger partial charge in [-0.05, 0) is 77.2 Å². The lowest BCUT2D eigenvalue weighted by atomic mass is 9.98. The molecule has 0 bridgehead atoms. The summed E-state index contributed by atoms with van der Waals surface area (Å²) in [6, 6.07) is 37.6. The Hall–Kier alpha value is -5.53. The average molecular weight is 655 g/mol. The first-order valence-electron chi connectivity index (χ1n) is 16.5. The van der Waals surface area contributed by atoms with Gasteiger partial charge in [0, 0.05) is 48.3 Å². The number of benzene rings is 5. The molecule has 0 aliphatic rings. The lowest BCUT2D eigenvalue weighted by Crippen LogP contribution is -2.28. The van der Waals surface area contributed by atoms with E-state index in [0.717, 1.165) is 30.5 Å². The summed E-state index contributed by atoms with van der Waals surface area (Å²) in [4.78, 5) is 27.9. The van der Waals surface area contributed by atoms with Crippen LogP contribution in [0.4, 0.5) is 4.39 Å². The average Bonchev–Trinajstić information content (AvgIpc) is 3.49. The van der Waals surface area contributed by atoms with Crippen molar-refractivity contribution >= 4 is 23.2 Å². The summed E-state index contributed by atoms with van der Waals surface area (Å²) in [5.41, 5.74) is 5.92. The van der Waals surface area contributed by atoms with Gasteiger partial charge in [-0.25, -0.2) is 4.39 Å². The molecular formula is C42H39FN2O4. The van der Waals surface area contributed by atoms with Crippen LogP contribution >= 0.6 is 0 Å². The highest BCUT2D eigenvalue weighted by Gasteiger charge is 2.19. The number of rotatable bonds is 14. The summed E-state index contributed by atoms with van der Waals surface area (Å²) in [5.74, 6) is 0.755. The minimum atomic E-state index is -0.372. The number of furan rings is 1. The molecule has 248 valence electrons. The van der Waals surface area contributed by atoms with Gasteiger partial charge in [-0.15, -0.1) is 0 Å². The second kappa shape index (κ2) is 15.6. The van der Waals surface area contributed by atoms with Crippen LogP contribution in [-0.2, 0) is 13.1 Å². The number of amides is 1. The second-order valence-electron chi connectivity index (χ2n) is 12.5. The van der Waals surface area contributed by atoms with Crippen LogP contribution in [0.15, 0.2) is 126 Å². The van der Waals surface area contributed by atoms with Crippen LogP contribution in [0.2, 0.25) is 0 Å². The van der Waals surface area contributed by atoms with Crippen molar-refractivity contribution in [3.8, 4) is 28.2 Å². The summed E-state index contributed by atoms with van der Waals surface area (Å²) >= 11 is 0. The van der Waals surface area contributed by atoms with Crippen LogP contribution in [0.1, 0.15) is 45.7 Å². The first kappa shape index (κ1) is 33.4. The van der Waals surface area contributed by atoms with Crippen molar-refractivity contribution in [2.24, 2.45) is 5.92 Å². The third kappa shape index (κ3) is 8.31. The Morgan fingerprint density at radius 1 is 0.837 bits per heavy atom. The smallest absolute Gasteiger partial charge is 0.251 e. The van der Waals surface area contributed by atoms with E-state index in [-0.39, 0.29) is 11.7 Å². The molecule has 0 spiro atoms. The number of fused-ring (bicyclic) bond motifs is 1. The van der Waals surface area contributed by atoms with Crippen molar-refractivity contribution in [1.29, 1.82) is 0 Å². The summed E-state index contributed by atoms with van der Waals surface area (Å²) in [6.07, 6.45) is 0.759. The molecule has 0 aliphatic heterocycles. The minimum Gasteiger partial charge on any atom is -0.492 e. The van der Waals surface area contributed by atoms with Crippen LogP contribution in [0.5, 0.6) is 5.75 Å². The zero-order chi connectivity index (χ0) is 34.2. The van der Waals surface area contributed by atoms with Gasteiger partial charge in [-0.2, -0.15) is 0 Å². The maximum atomic E-state index is 13.6. The molecule has 0 saturated heterocycles. The third-order valence-electron chi connectivity index (χ3n) is 8.34. The standard InChI is InChI=1S/C42H39FN2O4/c1-29(2)25-44-42(47)34-16-19-39(48-22-21-45(26-30-9-5-3-6-10-30)27-31-11-7-4-8-12-31)36(24-34)33-15-20-40-37(23-33)38(28-46)41(49-40)32-13-17-35(43)18-14-32/h3-20,23-24,28-29H,21-22,25-27H2,1-2H3,(H,44,47). The van der Waals surface area contributed by atoms with Crippen molar-refractivity contribution in [3.63, 3.8) is 0 Å². The SMILES string of the molecule is CC(C)CNC(=O)c1ccc(OCCN(Cc2ccccc2)Cc2ccccc2)c(-c2ccc3oc(-c4ccc(F)cc4)c(C=O)c3c2)c1. The molecule has 0 radical (unpaired) electrons. The number of nitrogens with zero attached hydrogens (tertiary/aromatic N) is 1. The molecule has 0 saturated carbocycles. The summed E-state index contributed by atoms with van der Waals surface area (Å²) < 4.78 is 26.2. The Morgan fingerprint density at radius 2 is 1.49 bits per heavy atom. The monoisotopic (exact) mass is 654 g/mol. The zero-order valence-electron chi connectivity index (χ0n) is 27.7. The first-order chi connectivity index (χ1) is 23.9. The van der Waals surface area contributed by atoms with Crippen LogP contribution in [0.3, 0.4) is 0 Å². The van der Waals surface area contributed by atoms with E-state index in [4.69, 9.17) is 9.15 Å². The van der Waals surface area contributed by atoms with E-state index in [0.29, 0.717) is 64.8 Å². The minimum absolute atomic E-state index is 0.171. The summed E-state index contributed by atoms with van der Waals surface area (Å²) in [7, 11) is 0. The Kier molecular flexibility index (Phi) is 10.6. The van der Waals surface area contributed by atoms with Crippen molar-refractivity contribution in [2.45, 2.75) is 26.9 Å². The van der Waals surface area contributed by atoms with Crippen LogP contribution in [0.25, 0.3) is 33.4 Å². The van der Waals surface area contributed by atoms with E-state index in [2.05, 4.69) is 34.5 Å². The van der Waals surface area contributed by atoms with Crippen LogP contribution in [0, 0.1) is 11.7 Å². The molecule has 1 aromatic heterocycles. The van der Waals surface area contributed by atoms with Gasteiger partial charge in [0.05, 0.1) is 5.56 Å². The first-order valence-corrected chi connectivity index (χ1v) is 16.5. The van der Waals surface area contributed by atoms with Gasteiger partial charge in [0.2, 0.25) is 0 Å². The Morgan fingerprint density at radius 3 is 2.12 bits per heavy atom. The lowest BCUT2D eigenvalue weighted by Gasteiger charge is -2.23. The molecule has 6 nitrogen and oxygen atoms in total. The highest BCUT2D eigenvalue weighted by atomic mass is 19.1. The van der Waals surface area contributed by atoms with Gasteiger partial charge in [0.15, 0.2) is 6.29 Å². The third-order valence-corrected chi connectivity index (χ3v) is 8.34. The number of carbonyl (C=O) groups excluding carboxylic acids is 2. The van der Waals surface area contributed by atoms with E-state index in [9.17, 15) is 14.0 Å². The highest BCUT2D eigenvalue weighted by Crippen LogP contribution is 2.38. The molecule has 7 heteroatoms. The number of carbonyl (C=O) groups is 2. The zero-order valence-corrected chi connectivity index (χ0v) is 27.7. The normalized spacial score (nSPS) is 11.3. The Bertz CT molecular complexity index is 1980. The molecule has 6 rings (SSSR count). The molecule has 1 N–H and O–H groups in total. The molecule has 1 heterocycles. The quantitative estimate of drug-likeness (QED) is 0.119. The highest BCUT2D eigenvalue weighted by molar-refractivity contribution is 6.04. The lowest BCUT2D eigenvalue weighted by molar-refractivity contribution is 0.0948. The van der Waals surface area contributed by atoms with E-state index in [1.807, 2.05) is 74.5 Å². The van der Waals surface area contributed by atoms with Gasteiger partial charge in [0.25, 0.3) is 5.91 Å². The fourth-order valence-corrected chi connectivity index (χ4v) is 5.82. The molecule has 6 aromatic rings. The Balaban J connectivity index is 1.31.